The van der Waals surface area contributed by atoms with Crippen molar-refractivity contribution in [3.63, 3.8) is 0 Å². The summed E-state index contributed by atoms with van der Waals surface area (Å²) in [7, 11) is 0. The largest absolute Gasteiger partial charge is 0.427 e. The number of aromatic nitrogens is 1. The molecule has 2 aromatic heterocycles. The van der Waals surface area contributed by atoms with E-state index >= 15 is 0 Å². The Morgan fingerprint density at radius 2 is 1.93 bits per heavy atom. The molecule has 4 rings (SSSR count). The molecular formula is C21H18N2O4S. The fraction of sp³-hybridized carbons (Fsp3) is 0.238. The topological polar surface area (TPSA) is 89.3 Å². The summed E-state index contributed by atoms with van der Waals surface area (Å²) in [5.41, 5.74) is 0.771. The summed E-state index contributed by atoms with van der Waals surface area (Å²) in [5.74, 6) is -0.406. The van der Waals surface area contributed by atoms with Crippen molar-refractivity contribution in [2.75, 3.05) is 5.32 Å². The third kappa shape index (κ3) is 3.53. The molecule has 0 atom stereocenters. The van der Waals surface area contributed by atoms with Crippen molar-refractivity contribution < 1.29 is 14.0 Å². The van der Waals surface area contributed by atoms with E-state index in [1.165, 1.54) is 17.4 Å². The van der Waals surface area contributed by atoms with Crippen LogP contribution in [0.2, 0.25) is 0 Å². The molecule has 0 saturated carbocycles. The molecule has 142 valence electrons. The lowest BCUT2D eigenvalue weighted by atomic mass is 9.76. The molecule has 7 heteroatoms. The number of ketones is 1. The predicted octanol–water partition coefficient (Wildman–Crippen LogP) is 4.17. The van der Waals surface area contributed by atoms with Crippen LogP contribution in [0.3, 0.4) is 0 Å². The summed E-state index contributed by atoms with van der Waals surface area (Å²) < 4.78 is 5.32. The van der Waals surface area contributed by atoms with E-state index in [4.69, 9.17) is 4.42 Å². The normalized spacial score (nSPS) is 15.1. The molecule has 28 heavy (non-hydrogen) atoms. The van der Waals surface area contributed by atoms with Gasteiger partial charge in [-0.15, -0.1) is 11.3 Å². The molecule has 2 heterocycles. The van der Waals surface area contributed by atoms with Gasteiger partial charge >= 0.3 is 5.63 Å². The van der Waals surface area contributed by atoms with E-state index in [0.29, 0.717) is 29.3 Å². The number of amides is 1. The Morgan fingerprint density at radius 1 is 1.18 bits per heavy atom. The van der Waals surface area contributed by atoms with E-state index < -0.39 is 11.5 Å². The van der Waals surface area contributed by atoms with Crippen LogP contribution >= 0.6 is 11.3 Å². The highest BCUT2D eigenvalue weighted by Gasteiger charge is 2.34. The standard InChI is InChI=1S/C21H18N2O4S/c1-21(2)9-16(24)13-8-14(19(26)27-17(13)10-21)18(25)23-20-22-15(11-28-20)12-6-4-3-5-7-12/h3-8,11H,9-10H2,1-2H3,(H,22,23,25). The number of carbonyl (C=O) groups excluding carboxylic acids is 2. The molecule has 0 bridgehead atoms. The third-order valence-corrected chi connectivity index (χ3v) is 5.40. The van der Waals surface area contributed by atoms with Crippen LogP contribution in [0, 0.1) is 5.41 Å². The van der Waals surface area contributed by atoms with Crippen molar-refractivity contribution >= 4 is 28.2 Å². The third-order valence-electron chi connectivity index (χ3n) is 4.64. The minimum Gasteiger partial charge on any atom is -0.427 e. The first-order valence-electron chi connectivity index (χ1n) is 8.85. The van der Waals surface area contributed by atoms with Crippen LogP contribution in [0.5, 0.6) is 0 Å². The average molecular weight is 394 g/mol. The van der Waals surface area contributed by atoms with Crippen LogP contribution in [0.1, 0.15) is 46.7 Å². The Hall–Kier alpha value is -3.06. The van der Waals surface area contributed by atoms with E-state index in [1.54, 1.807) is 0 Å². The number of hydrogen-bond donors (Lipinski definition) is 1. The van der Waals surface area contributed by atoms with Gasteiger partial charge in [0.05, 0.1) is 11.3 Å². The van der Waals surface area contributed by atoms with E-state index in [9.17, 15) is 14.4 Å². The van der Waals surface area contributed by atoms with Crippen molar-refractivity contribution in [1.29, 1.82) is 0 Å². The van der Waals surface area contributed by atoms with Gasteiger partial charge in [0.1, 0.15) is 11.3 Å². The maximum absolute atomic E-state index is 12.6. The number of fused-ring (bicyclic) bond motifs is 1. The number of thiazole rings is 1. The first-order valence-corrected chi connectivity index (χ1v) is 9.73. The van der Waals surface area contributed by atoms with Gasteiger partial charge in [0, 0.05) is 23.8 Å². The molecule has 0 aliphatic heterocycles. The monoisotopic (exact) mass is 394 g/mol. The Labute approximate surface area is 165 Å². The number of rotatable bonds is 3. The molecule has 1 aliphatic carbocycles. The Kier molecular flexibility index (Phi) is 4.47. The van der Waals surface area contributed by atoms with Crippen molar-refractivity contribution in [1.82, 2.24) is 4.98 Å². The Morgan fingerprint density at radius 3 is 2.68 bits per heavy atom. The fourth-order valence-corrected chi connectivity index (χ4v) is 4.01. The molecular weight excluding hydrogens is 376 g/mol. The van der Waals surface area contributed by atoms with Gasteiger partial charge in [-0.2, -0.15) is 0 Å². The minimum absolute atomic E-state index is 0.121. The zero-order chi connectivity index (χ0) is 19.9. The molecule has 0 saturated heterocycles. The highest BCUT2D eigenvalue weighted by atomic mass is 32.1. The molecule has 0 spiro atoms. The molecule has 0 unspecified atom stereocenters. The summed E-state index contributed by atoms with van der Waals surface area (Å²) >= 11 is 1.26. The van der Waals surface area contributed by atoms with E-state index in [1.807, 2.05) is 49.6 Å². The highest BCUT2D eigenvalue weighted by molar-refractivity contribution is 7.14. The molecule has 0 radical (unpaired) electrons. The molecule has 3 aromatic rings. The summed E-state index contributed by atoms with van der Waals surface area (Å²) in [6.45, 7) is 3.89. The van der Waals surface area contributed by atoms with Crippen LogP contribution in [-0.4, -0.2) is 16.7 Å². The molecule has 1 N–H and O–H groups in total. The highest BCUT2D eigenvalue weighted by Crippen LogP contribution is 2.34. The SMILES string of the molecule is CC1(C)CC(=O)c2cc(C(=O)Nc3nc(-c4ccccc4)cs3)c(=O)oc2C1. The van der Waals surface area contributed by atoms with Crippen molar-refractivity contribution in [2.24, 2.45) is 5.41 Å². The zero-order valence-electron chi connectivity index (χ0n) is 15.4. The number of hydrogen-bond acceptors (Lipinski definition) is 6. The van der Waals surface area contributed by atoms with Gasteiger partial charge in [-0.05, 0) is 11.5 Å². The van der Waals surface area contributed by atoms with Gasteiger partial charge in [0.15, 0.2) is 10.9 Å². The predicted molar refractivity (Wildman–Crippen MR) is 107 cm³/mol. The molecule has 0 fully saturated rings. The lowest BCUT2D eigenvalue weighted by molar-refractivity contribution is 0.0897. The second-order valence-electron chi connectivity index (χ2n) is 7.58. The second kappa shape index (κ2) is 6.83. The summed E-state index contributed by atoms with van der Waals surface area (Å²) in [6, 6.07) is 10.9. The Bertz CT molecular complexity index is 1130. The number of carbonyl (C=O) groups is 2. The maximum Gasteiger partial charge on any atom is 0.348 e. The van der Waals surface area contributed by atoms with E-state index in [2.05, 4.69) is 10.3 Å². The van der Waals surface area contributed by atoms with Gasteiger partial charge in [-0.25, -0.2) is 9.78 Å². The Balaban J connectivity index is 1.60. The first-order chi connectivity index (χ1) is 13.3. The van der Waals surface area contributed by atoms with Gasteiger partial charge in [0.25, 0.3) is 5.91 Å². The number of benzene rings is 1. The zero-order valence-corrected chi connectivity index (χ0v) is 16.3. The van der Waals surface area contributed by atoms with Crippen LogP contribution in [0.15, 0.2) is 51.0 Å². The number of nitrogens with zero attached hydrogens (tertiary/aromatic N) is 1. The summed E-state index contributed by atoms with van der Waals surface area (Å²) in [5, 5.41) is 4.82. The summed E-state index contributed by atoms with van der Waals surface area (Å²) in [4.78, 5) is 41.7. The fourth-order valence-electron chi connectivity index (χ4n) is 3.30. The maximum atomic E-state index is 12.6. The van der Waals surface area contributed by atoms with Gasteiger partial charge in [-0.3, -0.25) is 14.9 Å². The molecule has 1 amide bonds. The van der Waals surface area contributed by atoms with Crippen LogP contribution in [0.4, 0.5) is 5.13 Å². The minimum atomic E-state index is -0.749. The van der Waals surface area contributed by atoms with Crippen LogP contribution in [0.25, 0.3) is 11.3 Å². The quantitative estimate of drug-likeness (QED) is 0.720. The smallest absolute Gasteiger partial charge is 0.348 e. The van der Waals surface area contributed by atoms with Crippen LogP contribution < -0.4 is 10.9 Å². The van der Waals surface area contributed by atoms with Gasteiger partial charge in [-0.1, -0.05) is 44.2 Å². The lowest BCUT2D eigenvalue weighted by Crippen LogP contribution is -2.30. The average Bonchev–Trinajstić information content (AvgIpc) is 3.09. The van der Waals surface area contributed by atoms with Crippen molar-refractivity contribution in [3.05, 3.63) is 69.1 Å². The number of nitrogens with one attached hydrogen (secondary N) is 1. The molecule has 1 aliphatic rings. The van der Waals surface area contributed by atoms with Crippen molar-refractivity contribution in [2.45, 2.75) is 26.7 Å². The number of anilines is 1. The first kappa shape index (κ1) is 18.3. The number of Topliss-reactive ketones (excluding diaryl/α,β-unsaturated/α-hetero) is 1. The van der Waals surface area contributed by atoms with Crippen molar-refractivity contribution in [3.8, 4) is 11.3 Å². The van der Waals surface area contributed by atoms with E-state index in [-0.39, 0.29) is 16.8 Å². The van der Waals surface area contributed by atoms with E-state index in [0.717, 1.165) is 11.3 Å². The van der Waals surface area contributed by atoms with Crippen LogP contribution in [-0.2, 0) is 6.42 Å². The summed E-state index contributed by atoms with van der Waals surface area (Å²) in [6.07, 6.45) is 0.833. The van der Waals surface area contributed by atoms with Gasteiger partial charge in [0.2, 0.25) is 0 Å². The molecule has 1 aromatic carbocycles. The molecule has 6 nitrogen and oxygen atoms in total. The lowest BCUT2D eigenvalue weighted by Gasteiger charge is -2.28. The van der Waals surface area contributed by atoms with Gasteiger partial charge < -0.3 is 4.42 Å². The second-order valence-corrected chi connectivity index (χ2v) is 8.44.